The van der Waals surface area contributed by atoms with Gasteiger partial charge in [-0.2, -0.15) is 0 Å². The first-order chi connectivity index (χ1) is 8.88. The Morgan fingerprint density at radius 3 is 2.11 bits per heavy atom. The summed E-state index contributed by atoms with van der Waals surface area (Å²) >= 11 is 0. The molecule has 0 unspecified atom stereocenters. The van der Waals surface area contributed by atoms with Gasteiger partial charge in [-0.1, -0.05) is 0 Å². The lowest BCUT2D eigenvalue weighted by Gasteiger charge is -2.19. The molecule has 0 N–H and O–H groups in total. The summed E-state index contributed by atoms with van der Waals surface area (Å²) in [5.74, 6) is 1.94. The van der Waals surface area contributed by atoms with Crippen molar-refractivity contribution in [3.63, 3.8) is 0 Å². The van der Waals surface area contributed by atoms with Crippen molar-refractivity contribution >= 4 is 0 Å². The van der Waals surface area contributed by atoms with Gasteiger partial charge < -0.3 is 13.6 Å². The topological polar surface area (TPSA) is 38.8 Å². The molecule has 4 nitrogen and oxygen atoms in total. The summed E-state index contributed by atoms with van der Waals surface area (Å²) in [7, 11) is 1.73. The monoisotopic (exact) mass is 249 g/mol. The summed E-state index contributed by atoms with van der Waals surface area (Å²) < 4.78 is 15.9. The van der Waals surface area contributed by atoms with E-state index in [0.29, 0.717) is 0 Å². The van der Waals surface area contributed by atoms with Gasteiger partial charge in [0.15, 0.2) is 0 Å². The molecule has 18 heavy (non-hydrogen) atoms. The number of hydrogen-bond acceptors (Lipinski definition) is 4. The minimum Gasteiger partial charge on any atom is -0.468 e. The molecule has 98 valence electrons. The van der Waals surface area contributed by atoms with E-state index in [1.54, 1.807) is 19.6 Å². The van der Waals surface area contributed by atoms with Gasteiger partial charge in [-0.05, 0) is 30.7 Å². The van der Waals surface area contributed by atoms with E-state index in [-0.39, 0.29) is 0 Å². The maximum atomic E-state index is 5.39. The van der Waals surface area contributed by atoms with E-state index in [4.69, 9.17) is 13.6 Å². The van der Waals surface area contributed by atoms with Crippen molar-refractivity contribution in [2.75, 3.05) is 20.3 Å². The number of furan rings is 2. The molecule has 2 aromatic heterocycles. The minimum absolute atomic E-state index is 0.771. The van der Waals surface area contributed by atoms with Crippen LogP contribution in [0.25, 0.3) is 0 Å². The van der Waals surface area contributed by atoms with Gasteiger partial charge in [-0.25, -0.2) is 0 Å². The fourth-order valence-electron chi connectivity index (χ4n) is 1.89. The van der Waals surface area contributed by atoms with Crippen molar-refractivity contribution in [1.29, 1.82) is 0 Å². The Hall–Kier alpha value is -1.52. The number of rotatable bonds is 8. The Morgan fingerprint density at radius 1 is 1.06 bits per heavy atom. The van der Waals surface area contributed by atoms with Crippen molar-refractivity contribution in [2.24, 2.45) is 0 Å². The van der Waals surface area contributed by atoms with Gasteiger partial charge in [0.25, 0.3) is 0 Å². The summed E-state index contributed by atoms with van der Waals surface area (Å²) in [4.78, 5) is 2.29. The molecule has 0 amide bonds. The van der Waals surface area contributed by atoms with Gasteiger partial charge in [0, 0.05) is 20.3 Å². The van der Waals surface area contributed by atoms with Crippen LogP contribution in [-0.4, -0.2) is 25.2 Å². The van der Waals surface area contributed by atoms with E-state index in [1.807, 2.05) is 24.3 Å². The van der Waals surface area contributed by atoms with E-state index >= 15 is 0 Å². The van der Waals surface area contributed by atoms with Crippen LogP contribution < -0.4 is 0 Å². The van der Waals surface area contributed by atoms with Gasteiger partial charge in [0.05, 0.1) is 25.6 Å². The second-order valence-corrected chi connectivity index (χ2v) is 4.22. The average Bonchev–Trinajstić information content (AvgIpc) is 3.02. The smallest absolute Gasteiger partial charge is 0.117 e. The Bertz CT molecular complexity index is 372. The molecule has 0 aromatic carbocycles. The average molecular weight is 249 g/mol. The SMILES string of the molecule is COCCCN(Cc1ccco1)Cc1ccco1. The van der Waals surface area contributed by atoms with Crippen molar-refractivity contribution < 1.29 is 13.6 Å². The van der Waals surface area contributed by atoms with Crippen molar-refractivity contribution in [1.82, 2.24) is 4.90 Å². The second-order valence-electron chi connectivity index (χ2n) is 4.22. The van der Waals surface area contributed by atoms with Gasteiger partial charge >= 0.3 is 0 Å². The summed E-state index contributed by atoms with van der Waals surface area (Å²) in [5.41, 5.74) is 0. The van der Waals surface area contributed by atoms with Gasteiger partial charge in [-0.3, -0.25) is 4.90 Å². The Labute approximate surface area is 107 Å². The fraction of sp³-hybridized carbons (Fsp3) is 0.429. The van der Waals surface area contributed by atoms with Crippen LogP contribution in [-0.2, 0) is 17.8 Å². The molecule has 0 aliphatic heterocycles. The molecule has 2 heterocycles. The fourth-order valence-corrected chi connectivity index (χ4v) is 1.89. The third kappa shape index (κ3) is 4.05. The van der Waals surface area contributed by atoms with Crippen LogP contribution in [0.2, 0.25) is 0 Å². The van der Waals surface area contributed by atoms with Crippen LogP contribution in [0, 0.1) is 0 Å². The zero-order valence-corrected chi connectivity index (χ0v) is 10.7. The molecular weight excluding hydrogens is 230 g/mol. The molecule has 2 aromatic rings. The highest BCUT2D eigenvalue weighted by atomic mass is 16.5. The Morgan fingerprint density at radius 2 is 1.67 bits per heavy atom. The Balaban J connectivity index is 1.89. The number of methoxy groups -OCH3 is 1. The van der Waals surface area contributed by atoms with Crippen LogP contribution in [0.3, 0.4) is 0 Å². The molecule has 0 aliphatic carbocycles. The number of nitrogens with zero attached hydrogens (tertiary/aromatic N) is 1. The molecule has 2 rings (SSSR count). The van der Waals surface area contributed by atoms with E-state index in [9.17, 15) is 0 Å². The molecular formula is C14H19NO3. The maximum absolute atomic E-state index is 5.39. The van der Waals surface area contributed by atoms with Crippen molar-refractivity contribution in [2.45, 2.75) is 19.5 Å². The molecule has 0 atom stereocenters. The van der Waals surface area contributed by atoms with Gasteiger partial charge in [-0.15, -0.1) is 0 Å². The van der Waals surface area contributed by atoms with E-state index in [2.05, 4.69) is 4.90 Å². The summed E-state index contributed by atoms with van der Waals surface area (Å²) in [6.45, 7) is 3.30. The highest BCUT2D eigenvalue weighted by Gasteiger charge is 2.10. The predicted molar refractivity (Wildman–Crippen MR) is 68.0 cm³/mol. The van der Waals surface area contributed by atoms with Gasteiger partial charge in [0.1, 0.15) is 11.5 Å². The van der Waals surface area contributed by atoms with Crippen LogP contribution in [0.4, 0.5) is 0 Å². The largest absolute Gasteiger partial charge is 0.468 e. The van der Waals surface area contributed by atoms with Crippen molar-refractivity contribution in [3.05, 3.63) is 48.3 Å². The highest BCUT2D eigenvalue weighted by Crippen LogP contribution is 2.11. The maximum Gasteiger partial charge on any atom is 0.117 e. The number of ether oxygens (including phenoxy) is 1. The minimum atomic E-state index is 0.771. The predicted octanol–water partition coefficient (Wildman–Crippen LogP) is 2.91. The van der Waals surface area contributed by atoms with E-state index in [1.165, 1.54) is 0 Å². The van der Waals surface area contributed by atoms with E-state index < -0.39 is 0 Å². The summed E-state index contributed by atoms with van der Waals surface area (Å²) in [5, 5.41) is 0. The van der Waals surface area contributed by atoms with Crippen LogP contribution in [0.15, 0.2) is 45.6 Å². The lowest BCUT2D eigenvalue weighted by molar-refractivity contribution is 0.157. The molecule has 4 heteroatoms. The molecule has 0 aliphatic rings. The molecule has 0 saturated heterocycles. The standard InChI is InChI=1S/C14H19NO3/c1-16-8-4-7-15(11-13-5-2-9-17-13)12-14-6-3-10-18-14/h2-3,5-6,9-10H,4,7-8,11-12H2,1H3. The van der Waals surface area contributed by atoms with Crippen LogP contribution >= 0.6 is 0 Å². The molecule has 0 radical (unpaired) electrons. The quantitative estimate of drug-likeness (QED) is 0.674. The lowest BCUT2D eigenvalue weighted by Crippen LogP contribution is -2.24. The van der Waals surface area contributed by atoms with Crippen LogP contribution in [0.5, 0.6) is 0 Å². The van der Waals surface area contributed by atoms with Gasteiger partial charge in [0.2, 0.25) is 0 Å². The molecule has 0 saturated carbocycles. The third-order valence-corrected chi connectivity index (χ3v) is 2.74. The normalized spacial score (nSPS) is 11.2. The third-order valence-electron chi connectivity index (χ3n) is 2.74. The number of hydrogen-bond donors (Lipinski definition) is 0. The lowest BCUT2D eigenvalue weighted by atomic mass is 10.3. The zero-order chi connectivity index (χ0) is 12.6. The molecule has 0 fully saturated rings. The summed E-state index contributed by atoms with van der Waals surface area (Å²) in [6, 6.07) is 7.81. The molecule has 0 bridgehead atoms. The Kier molecular flexibility index (Phi) is 5.05. The van der Waals surface area contributed by atoms with E-state index in [0.717, 1.165) is 44.2 Å². The zero-order valence-electron chi connectivity index (χ0n) is 10.7. The first-order valence-electron chi connectivity index (χ1n) is 6.14. The van der Waals surface area contributed by atoms with Crippen LogP contribution in [0.1, 0.15) is 17.9 Å². The highest BCUT2D eigenvalue weighted by molar-refractivity contribution is 5.01. The summed E-state index contributed by atoms with van der Waals surface area (Å²) in [6.07, 6.45) is 4.41. The second kappa shape index (κ2) is 7.03. The first kappa shape index (κ1) is 12.9. The first-order valence-corrected chi connectivity index (χ1v) is 6.14. The molecule has 0 spiro atoms. The van der Waals surface area contributed by atoms with Crippen molar-refractivity contribution in [3.8, 4) is 0 Å².